The smallest absolute Gasteiger partial charge is 0.337 e. The van der Waals surface area contributed by atoms with Crippen LogP contribution in [0.4, 0.5) is 0 Å². The molecule has 1 aromatic carbocycles. The molecule has 0 aliphatic rings. The molecular weight excluding hydrogens is 330 g/mol. The van der Waals surface area contributed by atoms with Crippen LogP contribution in [0.25, 0.3) is 0 Å². The average molecular weight is 364 g/mol. The van der Waals surface area contributed by atoms with Gasteiger partial charge in [-0.15, -0.1) is 0 Å². The second-order valence-corrected chi connectivity index (χ2v) is 6.77. The average Bonchev–Trinajstić information content (AvgIpc) is 2.63. The third-order valence-electron chi connectivity index (χ3n) is 4.04. The van der Waals surface area contributed by atoms with Crippen LogP contribution in [0.5, 0.6) is 0 Å². The van der Waals surface area contributed by atoms with Crippen molar-refractivity contribution in [2.45, 2.75) is 40.2 Å². The number of aliphatic hydroxyl groups excluding tert-OH is 1. The number of carbonyl (C=O) groups excluding carboxylic acids is 1. The molecule has 0 spiro atoms. The standard InChI is InChI=1S/C20H33N3O3/c1-5-21-20(23-14-17(10-11-24)12-15(2)3)22-13-16-6-8-18(9-7-16)19(25)26-4/h6-9,15,17,24H,5,10-14H2,1-4H3,(H2,21,22,23). The van der Waals surface area contributed by atoms with E-state index in [2.05, 4.69) is 29.5 Å². The van der Waals surface area contributed by atoms with Crippen molar-refractivity contribution in [1.29, 1.82) is 0 Å². The molecule has 0 aromatic heterocycles. The van der Waals surface area contributed by atoms with E-state index in [0.717, 1.165) is 37.5 Å². The summed E-state index contributed by atoms with van der Waals surface area (Å²) in [5, 5.41) is 15.9. The molecule has 0 heterocycles. The quantitative estimate of drug-likeness (QED) is 0.338. The van der Waals surface area contributed by atoms with E-state index < -0.39 is 0 Å². The summed E-state index contributed by atoms with van der Waals surface area (Å²) in [6.45, 7) is 8.71. The molecule has 0 bridgehead atoms. The van der Waals surface area contributed by atoms with Crippen molar-refractivity contribution in [3.63, 3.8) is 0 Å². The van der Waals surface area contributed by atoms with E-state index in [1.165, 1.54) is 7.11 Å². The molecule has 0 amide bonds. The zero-order valence-electron chi connectivity index (χ0n) is 16.4. The van der Waals surface area contributed by atoms with E-state index in [1.54, 1.807) is 12.1 Å². The molecule has 1 atom stereocenters. The van der Waals surface area contributed by atoms with Gasteiger partial charge in [-0.05, 0) is 49.3 Å². The third kappa shape index (κ3) is 8.34. The summed E-state index contributed by atoms with van der Waals surface area (Å²) < 4.78 is 4.70. The Hall–Kier alpha value is -2.08. The Balaban J connectivity index is 2.65. The highest BCUT2D eigenvalue weighted by Crippen LogP contribution is 2.14. The number of hydrogen-bond donors (Lipinski definition) is 3. The topological polar surface area (TPSA) is 83.0 Å². The predicted molar refractivity (Wildman–Crippen MR) is 105 cm³/mol. The number of carbonyl (C=O) groups is 1. The van der Waals surface area contributed by atoms with Gasteiger partial charge in [0.15, 0.2) is 5.96 Å². The first-order chi connectivity index (χ1) is 12.5. The monoisotopic (exact) mass is 363 g/mol. The molecular formula is C20H33N3O3. The van der Waals surface area contributed by atoms with Crippen LogP contribution >= 0.6 is 0 Å². The van der Waals surface area contributed by atoms with Gasteiger partial charge < -0.3 is 20.5 Å². The summed E-state index contributed by atoms with van der Waals surface area (Å²) in [5.74, 6) is 1.44. The fraction of sp³-hybridized carbons (Fsp3) is 0.600. The van der Waals surface area contributed by atoms with Gasteiger partial charge in [-0.2, -0.15) is 0 Å². The molecule has 146 valence electrons. The van der Waals surface area contributed by atoms with E-state index in [0.29, 0.717) is 23.9 Å². The summed E-state index contributed by atoms with van der Waals surface area (Å²) >= 11 is 0. The Morgan fingerprint density at radius 1 is 1.23 bits per heavy atom. The first-order valence-electron chi connectivity index (χ1n) is 9.30. The minimum absolute atomic E-state index is 0.208. The largest absolute Gasteiger partial charge is 0.465 e. The Labute approximate surface area is 157 Å². The summed E-state index contributed by atoms with van der Waals surface area (Å²) in [7, 11) is 1.37. The molecule has 6 nitrogen and oxygen atoms in total. The molecule has 1 unspecified atom stereocenters. The van der Waals surface area contributed by atoms with Gasteiger partial charge in [-0.1, -0.05) is 26.0 Å². The molecule has 1 rings (SSSR count). The maximum atomic E-state index is 11.5. The van der Waals surface area contributed by atoms with E-state index >= 15 is 0 Å². The Morgan fingerprint density at radius 3 is 2.46 bits per heavy atom. The van der Waals surface area contributed by atoms with Gasteiger partial charge in [-0.25, -0.2) is 9.79 Å². The molecule has 26 heavy (non-hydrogen) atoms. The third-order valence-corrected chi connectivity index (χ3v) is 4.04. The second-order valence-electron chi connectivity index (χ2n) is 6.77. The van der Waals surface area contributed by atoms with Crippen molar-refractivity contribution in [2.75, 3.05) is 26.8 Å². The lowest BCUT2D eigenvalue weighted by molar-refractivity contribution is 0.0600. The summed E-state index contributed by atoms with van der Waals surface area (Å²) in [4.78, 5) is 16.1. The SMILES string of the molecule is CCNC(=NCc1ccc(C(=O)OC)cc1)NCC(CCO)CC(C)C. The Morgan fingerprint density at radius 2 is 1.92 bits per heavy atom. The number of guanidine groups is 1. The summed E-state index contributed by atoms with van der Waals surface area (Å²) in [6.07, 6.45) is 1.86. The highest BCUT2D eigenvalue weighted by Gasteiger charge is 2.11. The number of aliphatic imine (C=N–C) groups is 1. The van der Waals surface area contributed by atoms with Gasteiger partial charge in [0, 0.05) is 19.7 Å². The zero-order chi connectivity index (χ0) is 19.4. The number of nitrogens with zero attached hydrogens (tertiary/aromatic N) is 1. The molecule has 0 aliphatic carbocycles. The maximum Gasteiger partial charge on any atom is 0.337 e. The van der Waals surface area contributed by atoms with Crippen LogP contribution in [-0.2, 0) is 11.3 Å². The van der Waals surface area contributed by atoms with Crippen molar-refractivity contribution < 1.29 is 14.6 Å². The number of aliphatic hydroxyl groups is 1. The normalized spacial score (nSPS) is 12.8. The van der Waals surface area contributed by atoms with Crippen molar-refractivity contribution in [3.8, 4) is 0 Å². The zero-order valence-corrected chi connectivity index (χ0v) is 16.4. The van der Waals surface area contributed by atoms with Gasteiger partial charge in [0.2, 0.25) is 0 Å². The lowest BCUT2D eigenvalue weighted by atomic mass is 9.94. The van der Waals surface area contributed by atoms with Crippen LogP contribution in [0.2, 0.25) is 0 Å². The fourth-order valence-electron chi connectivity index (χ4n) is 2.77. The molecule has 0 radical (unpaired) electrons. The van der Waals surface area contributed by atoms with Crippen LogP contribution < -0.4 is 10.6 Å². The van der Waals surface area contributed by atoms with Gasteiger partial charge in [0.1, 0.15) is 0 Å². The predicted octanol–water partition coefficient (Wildman–Crippen LogP) is 2.57. The highest BCUT2D eigenvalue weighted by molar-refractivity contribution is 5.89. The van der Waals surface area contributed by atoms with Gasteiger partial charge >= 0.3 is 5.97 Å². The minimum atomic E-state index is -0.338. The van der Waals surface area contributed by atoms with E-state index in [1.807, 2.05) is 19.1 Å². The number of ether oxygens (including phenoxy) is 1. The Bertz CT molecular complexity index is 556. The molecule has 0 aliphatic heterocycles. The van der Waals surface area contributed by atoms with E-state index in [9.17, 15) is 9.90 Å². The van der Waals surface area contributed by atoms with Gasteiger partial charge in [0.25, 0.3) is 0 Å². The van der Waals surface area contributed by atoms with Crippen LogP contribution in [-0.4, -0.2) is 43.8 Å². The van der Waals surface area contributed by atoms with E-state index in [-0.39, 0.29) is 12.6 Å². The fourth-order valence-corrected chi connectivity index (χ4v) is 2.77. The lowest BCUT2D eigenvalue weighted by Crippen LogP contribution is -2.40. The lowest BCUT2D eigenvalue weighted by Gasteiger charge is -2.20. The van der Waals surface area contributed by atoms with Gasteiger partial charge in [0.05, 0.1) is 19.2 Å². The molecule has 3 N–H and O–H groups in total. The van der Waals surface area contributed by atoms with Crippen LogP contribution in [0.15, 0.2) is 29.3 Å². The molecule has 6 heteroatoms. The molecule has 0 saturated carbocycles. The first-order valence-corrected chi connectivity index (χ1v) is 9.30. The number of methoxy groups -OCH3 is 1. The minimum Gasteiger partial charge on any atom is -0.465 e. The van der Waals surface area contributed by atoms with Crippen LogP contribution in [0.1, 0.15) is 49.5 Å². The molecule has 0 fully saturated rings. The maximum absolute atomic E-state index is 11.5. The number of esters is 1. The van der Waals surface area contributed by atoms with Crippen molar-refractivity contribution >= 4 is 11.9 Å². The van der Waals surface area contributed by atoms with Crippen LogP contribution in [0.3, 0.4) is 0 Å². The number of hydrogen-bond acceptors (Lipinski definition) is 4. The van der Waals surface area contributed by atoms with Gasteiger partial charge in [-0.3, -0.25) is 0 Å². The molecule has 0 saturated heterocycles. The first kappa shape index (κ1) is 22.0. The number of rotatable bonds is 10. The number of benzene rings is 1. The number of nitrogens with one attached hydrogen (secondary N) is 2. The summed E-state index contributed by atoms with van der Waals surface area (Å²) in [5.41, 5.74) is 1.55. The Kier molecular flexibility index (Phi) is 10.4. The van der Waals surface area contributed by atoms with Crippen molar-refractivity contribution in [1.82, 2.24) is 10.6 Å². The summed E-state index contributed by atoms with van der Waals surface area (Å²) in [6, 6.07) is 7.26. The van der Waals surface area contributed by atoms with E-state index in [4.69, 9.17) is 4.74 Å². The van der Waals surface area contributed by atoms with Crippen molar-refractivity contribution in [2.24, 2.45) is 16.8 Å². The van der Waals surface area contributed by atoms with Crippen molar-refractivity contribution in [3.05, 3.63) is 35.4 Å². The second kappa shape index (κ2) is 12.3. The highest BCUT2D eigenvalue weighted by atomic mass is 16.5. The van der Waals surface area contributed by atoms with Crippen LogP contribution in [0, 0.1) is 11.8 Å². The molecule has 1 aromatic rings.